The van der Waals surface area contributed by atoms with E-state index in [-0.39, 0.29) is 12.0 Å². The van der Waals surface area contributed by atoms with E-state index in [0.29, 0.717) is 29.9 Å². The van der Waals surface area contributed by atoms with E-state index in [4.69, 9.17) is 4.74 Å². The van der Waals surface area contributed by atoms with Gasteiger partial charge in [-0.25, -0.2) is 4.79 Å². The largest absolute Gasteiger partial charge is 0.450 e. The Morgan fingerprint density at radius 1 is 1.11 bits per heavy atom. The predicted octanol–water partition coefficient (Wildman–Crippen LogP) is 2.97. The van der Waals surface area contributed by atoms with Crippen molar-refractivity contribution >= 4 is 12.0 Å². The zero-order valence-electron chi connectivity index (χ0n) is 17.7. The molecule has 3 saturated heterocycles. The predicted molar refractivity (Wildman–Crippen MR) is 108 cm³/mol. The quantitative estimate of drug-likeness (QED) is 0.739. The highest BCUT2D eigenvalue weighted by atomic mass is 16.6. The number of likely N-dealkylation sites (tertiary alicyclic amines) is 3. The van der Waals surface area contributed by atoms with E-state index in [1.54, 1.807) is 0 Å². The molecule has 6 heteroatoms. The first-order valence-corrected chi connectivity index (χ1v) is 11.5. The van der Waals surface area contributed by atoms with Crippen molar-refractivity contribution in [2.24, 2.45) is 17.3 Å². The smallest absolute Gasteiger partial charge is 0.409 e. The van der Waals surface area contributed by atoms with Crippen LogP contribution in [0.3, 0.4) is 0 Å². The van der Waals surface area contributed by atoms with Gasteiger partial charge in [0.25, 0.3) is 0 Å². The van der Waals surface area contributed by atoms with Crippen molar-refractivity contribution < 1.29 is 14.3 Å². The molecule has 3 aliphatic heterocycles. The first-order valence-electron chi connectivity index (χ1n) is 11.5. The van der Waals surface area contributed by atoms with Crippen LogP contribution < -0.4 is 0 Å². The van der Waals surface area contributed by atoms with E-state index < -0.39 is 0 Å². The number of nitrogens with zero attached hydrogens (tertiary/aromatic N) is 3. The molecule has 1 atom stereocenters. The van der Waals surface area contributed by atoms with E-state index >= 15 is 0 Å². The Morgan fingerprint density at radius 2 is 1.86 bits per heavy atom. The maximum Gasteiger partial charge on any atom is 0.409 e. The molecule has 1 saturated carbocycles. The summed E-state index contributed by atoms with van der Waals surface area (Å²) in [7, 11) is 0. The third-order valence-electron chi connectivity index (χ3n) is 7.91. The average Bonchev–Trinajstić information content (AvgIpc) is 3.14. The lowest BCUT2D eigenvalue weighted by atomic mass is 9.64. The topological polar surface area (TPSA) is 53.1 Å². The molecule has 28 heavy (non-hydrogen) atoms. The summed E-state index contributed by atoms with van der Waals surface area (Å²) in [5.74, 6) is 1.27. The number of piperidine rings is 2. The SMILES string of the molecule is CCOC(=O)N1CCC2(CC(N3CCC(C4CCCN(CC)C4=O)CC3)C2)C1. The highest BCUT2D eigenvalue weighted by Gasteiger charge is 2.51. The molecule has 0 N–H and O–H groups in total. The highest BCUT2D eigenvalue weighted by Crippen LogP contribution is 2.51. The van der Waals surface area contributed by atoms with Gasteiger partial charge in [0.2, 0.25) is 5.91 Å². The average molecular weight is 392 g/mol. The van der Waals surface area contributed by atoms with Crippen LogP contribution >= 0.6 is 0 Å². The van der Waals surface area contributed by atoms with Crippen LogP contribution in [0, 0.1) is 17.3 Å². The molecule has 0 aromatic carbocycles. The number of rotatable bonds is 4. The summed E-state index contributed by atoms with van der Waals surface area (Å²) in [5, 5.41) is 0. The Bertz CT molecular complexity index is 582. The first kappa shape index (κ1) is 20.0. The van der Waals surface area contributed by atoms with Gasteiger partial charge in [0.15, 0.2) is 0 Å². The molecule has 4 rings (SSSR count). The van der Waals surface area contributed by atoms with Crippen molar-refractivity contribution in [1.82, 2.24) is 14.7 Å². The molecule has 0 bridgehead atoms. The summed E-state index contributed by atoms with van der Waals surface area (Å²) in [6, 6.07) is 0.678. The molecular weight excluding hydrogens is 354 g/mol. The fourth-order valence-corrected chi connectivity index (χ4v) is 6.25. The van der Waals surface area contributed by atoms with Gasteiger partial charge >= 0.3 is 6.09 Å². The Morgan fingerprint density at radius 3 is 2.54 bits per heavy atom. The van der Waals surface area contributed by atoms with Crippen LogP contribution in [-0.2, 0) is 9.53 Å². The van der Waals surface area contributed by atoms with Crippen molar-refractivity contribution in [1.29, 1.82) is 0 Å². The molecule has 1 unspecified atom stereocenters. The zero-order chi connectivity index (χ0) is 19.7. The van der Waals surface area contributed by atoms with Gasteiger partial charge in [-0.15, -0.1) is 0 Å². The minimum absolute atomic E-state index is 0.137. The van der Waals surface area contributed by atoms with Crippen LogP contribution in [-0.4, -0.2) is 78.6 Å². The molecule has 0 aromatic rings. The summed E-state index contributed by atoms with van der Waals surface area (Å²) >= 11 is 0. The van der Waals surface area contributed by atoms with Crippen molar-refractivity contribution in [3.8, 4) is 0 Å². The zero-order valence-corrected chi connectivity index (χ0v) is 17.7. The number of hydrogen-bond donors (Lipinski definition) is 0. The van der Waals surface area contributed by atoms with Crippen LogP contribution in [0.15, 0.2) is 0 Å². The lowest BCUT2D eigenvalue weighted by Crippen LogP contribution is -2.55. The number of carbonyl (C=O) groups excluding carboxylic acids is 2. The summed E-state index contributed by atoms with van der Waals surface area (Å²) in [6.45, 7) is 10.3. The molecule has 158 valence electrons. The van der Waals surface area contributed by atoms with Gasteiger partial charge in [0, 0.05) is 38.1 Å². The molecule has 6 nitrogen and oxygen atoms in total. The monoisotopic (exact) mass is 391 g/mol. The summed E-state index contributed by atoms with van der Waals surface area (Å²) in [6.07, 6.45) is 8.05. The van der Waals surface area contributed by atoms with E-state index in [2.05, 4.69) is 16.7 Å². The number of carbonyl (C=O) groups is 2. The van der Waals surface area contributed by atoms with Crippen molar-refractivity contribution in [2.45, 2.75) is 64.8 Å². The molecule has 0 aromatic heterocycles. The Hall–Kier alpha value is -1.30. The second-order valence-electron chi connectivity index (χ2n) is 9.47. The van der Waals surface area contributed by atoms with Gasteiger partial charge in [0.05, 0.1) is 6.61 Å². The summed E-state index contributed by atoms with van der Waals surface area (Å²) in [4.78, 5) is 31.3. The maximum absolute atomic E-state index is 12.7. The number of ether oxygens (including phenoxy) is 1. The van der Waals surface area contributed by atoms with Crippen LogP contribution in [0.5, 0.6) is 0 Å². The lowest BCUT2D eigenvalue weighted by molar-refractivity contribution is -0.141. The van der Waals surface area contributed by atoms with Crippen molar-refractivity contribution in [2.75, 3.05) is 45.9 Å². The van der Waals surface area contributed by atoms with Gasteiger partial charge in [-0.2, -0.15) is 0 Å². The molecule has 3 heterocycles. The van der Waals surface area contributed by atoms with Gasteiger partial charge in [-0.1, -0.05) is 0 Å². The minimum Gasteiger partial charge on any atom is -0.450 e. The molecule has 4 fully saturated rings. The fraction of sp³-hybridized carbons (Fsp3) is 0.909. The molecule has 4 aliphatic rings. The fourth-order valence-electron chi connectivity index (χ4n) is 6.25. The number of amides is 2. The molecule has 1 spiro atoms. The Kier molecular flexibility index (Phi) is 5.86. The normalized spacial score (nSPS) is 34.7. The molecule has 2 amide bonds. The van der Waals surface area contributed by atoms with Crippen molar-refractivity contribution in [3.63, 3.8) is 0 Å². The van der Waals surface area contributed by atoms with E-state index in [9.17, 15) is 9.59 Å². The summed E-state index contributed by atoms with van der Waals surface area (Å²) < 4.78 is 5.17. The van der Waals surface area contributed by atoms with Crippen molar-refractivity contribution in [3.05, 3.63) is 0 Å². The van der Waals surface area contributed by atoms with E-state index in [0.717, 1.165) is 52.1 Å². The maximum atomic E-state index is 12.7. The first-order chi connectivity index (χ1) is 13.5. The molecular formula is C22H37N3O3. The third kappa shape index (κ3) is 3.77. The summed E-state index contributed by atoms with van der Waals surface area (Å²) in [5.41, 5.74) is 0.342. The standard InChI is InChI=1S/C22H37N3O3/c1-3-23-10-5-6-19(20(23)26)17-7-11-24(12-8-17)18-14-22(15-18)9-13-25(16-22)21(27)28-4-2/h17-19H,3-16H2,1-2H3. The number of hydrogen-bond acceptors (Lipinski definition) is 4. The van der Waals surface area contributed by atoms with Crippen LogP contribution in [0.4, 0.5) is 4.79 Å². The van der Waals surface area contributed by atoms with Crippen LogP contribution in [0.25, 0.3) is 0 Å². The van der Waals surface area contributed by atoms with Gasteiger partial charge in [-0.3, -0.25) is 4.79 Å². The third-order valence-corrected chi connectivity index (χ3v) is 7.91. The van der Waals surface area contributed by atoms with Crippen LogP contribution in [0.1, 0.15) is 58.8 Å². The van der Waals surface area contributed by atoms with Gasteiger partial charge in [0.1, 0.15) is 0 Å². The Labute approximate surface area is 169 Å². The molecule has 1 aliphatic carbocycles. The highest BCUT2D eigenvalue weighted by molar-refractivity contribution is 5.79. The van der Waals surface area contributed by atoms with Crippen LogP contribution in [0.2, 0.25) is 0 Å². The van der Waals surface area contributed by atoms with E-state index in [1.807, 2.05) is 11.8 Å². The second kappa shape index (κ2) is 8.21. The minimum atomic E-state index is -0.137. The van der Waals surface area contributed by atoms with Gasteiger partial charge in [-0.05, 0) is 83.2 Å². The Balaban J connectivity index is 1.23. The van der Waals surface area contributed by atoms with Gasteiger partial charge < -0.3 is 19.4 Å². The lowest BCUT2D eigenvalue weighted by Gasteiger charge is -2.52. The molecule has 0 radical (unpaired) electrons. The second-order valence-corrected chi connectivity index (χ2v) is 9.47. The van der Waals surface area contributed by atoms with E-state index in [1.165, 1.54) is 32.1 Å².